The minimum atomic E-state index is 0.356. The molecular weight excluding hydrogens is 269 g/mol. The van der Waals surface area contributed by atoms with Crippen LogP contribution in [0.1, 0.15) is 37.4 Å². The number of aromatic amines is 1. The first-order chi connectivity index (χ1) is 8.63. The molecule has 0 aliphatic heterocycles. The van der Waals surface area contributed by atoms with Gasteiger partial charge in [0.2, 0.25) is 0 Å². The first kappa shape index (κ1) is 12.3. The van der Waals surface area contributed by atoms with E-state index in [0.717, 1.165) is 42.5 Å². The number of imidazole rings is 1. The highest BCUT2D eigenvalue weighted by Gasteiger charge is 2.22. The van der Waals surface area contributed by atoms with Crippen LogP contribution in [0.3, 0.4) is 0 Å². The zero-order valence-electron chi connectivity index (χ0n) is 9.92. The van der Waals surface area contributed by atoms with E-state index in [0.29, 0.717) is 22.0 Å². The maximum atomic E-state index is 6.01. The first-order valence-electron chi connectivity index (χ1n) is 6.23. The van der Waals surface area contributed by atoms with Crippen molar-refractivity contribution in [2.24, 2.45) is 5.73 Å². The van der Waals surface area contributed by atoms with Gasteiger partial charge in [0.25, 0.3) is 0 Å². The first-order valence-corrected chi connectivity index (χ1v) is 6.99. The molecule has 5 heteroatoms. The fourth-order valence-electron chi connectivity index (χ4n) is 2.61. The molecule has 0 bridgehead atoms. The third-order valence-corrected chi connectivity index (χ3v) is 4.42. The van der Waals surface area contributed by atoms with Crippen LogP contribution in [0.25, 0.3) is 11.0 Å². The summed E-state index contributed by atoms with van der Waals surface area (Å²) in [6, 6.07) is 4.01. The molecule has 1 saturated carbocycles. The molecular formula is C13H15Cl2N3. The summed E-state index contributed by atoms with van der Waals surface area (Å²) in [6.45, 7) is 0. The number of hydrogen-bond acceptors (Lipinski definition) is 2. The van der Waals surface area contributed by atoms with Crippen LogP contribution in [0.15, 0.2) is 12.1 Å². The molecule has 0 radical (unpaired) electrons. The number of H-pyrrole nitrogens is 1. The number of fused-ring (bicyclic) bond motifs is 1. The van der Waals surface area contributed by atoms with Crippen molar-refractivity contribution < 1.29 is 0 Å². The van der Waals surface area contributed by atoms with Gasteiger partial charge in [-0.3, -0.25) is 0 Å². The summed E-state index contributed by atoms with van der Waals surface area (Å²) in [7, 11) is 0. The summed E-state index contributed by atoms with van der Waals surface area (Å²) in [6.07, 6.45) is 4.34. The standard InChI is InChI=1S/C13H15Cl2N3/c14-9-5-11-12(6-10(9)15)18-13(17-11)7-1-3-8(16)4-2-7/h5-8H,1-4,16H2,(H,17,18). The Bertz CT molecular complexity index is 532. The van der Waals surface area contributed by atoms with Gasteiger partial charge in [0.15, 0.2) is 0 Å². The molecule has 3 rings (SSSR count). The molecule has 0 unspecified atom stereocenters. The van der Waals surface area contributed by atoms with Crippen LogP contribution in [0, 0.1) is 0 Å². The van der Waals surface area contributed by atoms with Crippen LogP contribution in [0.2, 0.25) is 10.0 Å². The van der Waals surface area contributed by atoms with Crippen molar-refractivity contribution in [2.75, 3.05) is 0 Å². The minimum absolute atomic E-state index is 0.356. The van der Waals surface area contributed by atoms with E-state index in [4.69, 9.17) is 28.9 Å². The number of rotatable bonds is 1. The van der Waals surface area contributed by atoms with Gasteiger partial charge in [0, 0.05) is 12.0 Å². The summed E-state index contributed by atoms with van der Waals surface area (Å²) in [5.41, 5.74) is 7.76. The fourth-order valence-corrected chi connectivity index (χ4v) is 2.93. The van der Waals surface area contributed by atoms with Crippen molar-refractivity contribution in [2.45, 2.75) is 37.6 Å². The van der Waals surface area contributed by atoms with Gasteiger partial charge in [-0.2, -0.15) is 0 Å². The molecule has 1 aliphatic carbocycles. The Hall–Kier alpha value is -0.770. The highest BCUT2D eigenvalue weighted by atomic mass is 35.5. The van der Waals surface area contributed by atoms with Crippen LogP contribution in [-0.4, -0.2) is 16.0 Å². The van der Waals surface area contributed by atoms with Crippen LogP contribution >= 0.6 is 23.2 Å². The van der Waals surface area contributed by atoms with Crippen molar-refractivity contribution in [3.63, 3.8) is 0 Å². The zero-order valence-corrected chi connectivity index (χ0v) is 11.4. The molecule has 1 fully saturated rings. The monoisotopic (exact) mass is 283 g/mol. The summed E-state index contributed by atoms with van der Waals surface area (Å²) in [5, 5.41) is 1.11. The largest absolute Gasteiger partial charge is 0.342 e. The highest BCUT2D eigenvalue weighted by molar-refractivity contribution is 6.42. The number of benzene rings is 1. The number of aromatic nitrogens is 2. The normalized spacial score (nSPS) is 24.6. The lowest BCUT2D eigenvalue weighted by molar-refractivity contribution is 0.386. The van der Waals surface area contributed by atoms with Crippen LogP contribution in [0.5, 0.6) is 0 Å². The molecule has 1 aliphatic rings. The van der Waals surface area contributed by atoms with Crippen molar-refractivity contribution in [1.82, 2.24) is 9.97 Å². The summed E-state index contributed by atoms with van der Waals surface area (Å²) in [5.74, 6) is 1.52. The Balaban J connectivity index is 1.93. The zero-order chi connectivity index (χ0) is 12.7. The molecule has 0 amide bonds. The second kappa shape index (κ2) is 4.72. The van der Waals surface area contributed by atoms with Gasteiger partial charge in [-0.15, -0.1) is 0 Å². The highest BCUT2D eigenvalue weighted by Crippen LogP contribution is 2.33. The average molecular weight is 284 g/mol. The fraction of sp³-hybridized carbons (Fsp3) is 0.462. The Morgan fingerprint density at radius 1 is 1.11 bits per heavy atom. The number of nitrogens with one attached hydrogen (secondary N) is 1. The second-order valence-electron chi connectivity index (χ2n) is 5.02. The molecule has 0 atom stereocenters. The molecule has 1 heterocycles. The van der Waals surface area contributed by atoms with Crippen LogP contribution in [-0.2, 0) is 0 Å². The van der Waals surface area contributed by atoms with Gasteiger partial charge in [0.1, 0.15) is 5.82 Å². The number of nitrogens with zero attached hydrogens (tertiary/aromatic N) is 1. The molecule has 0 saturated heterocycles. The molecule has 3 nitrogen and oxygen atoms in total. The van der Waals surface area contributed by atoms with E-state index in [-0.39, 0.29) is 0 Å². The lowest BCUT2D eigenvalue weighted by Gasteiger charge is -2.24. The van der Waals surface area contributed by atoms with Gasteiger partial charge in [0.05, 0.1) is 21.1 Å². The molecule has 1 aromatic heterocycles. The molecule has 0 spiro atoms. The third-order valence-electron chi connectivity index (χ3n) is 3.70. The van der Waals surface area contributed by atoms with Crippen molar-refractivity contribution >= 4 is 34.2 Å². The predicted octanol–water partition coefficient (Wildman–Crippen LogP) is 3.85. The van der Waals surface area contributed by atoms with E-state index in [1.807, 2.05) is 12.1 Å². The third kappa shape index (κ3) is 2.22. The van der Waals surface area contributed by atoms with Crippen molar-refractivity contribution in [1.29, 1.82) is 0 Å². The van der Waals surface area contributed by atoms with Crippen molar-refractivity contribution in [3.8, 4) is 0 Å². The Morgan fingerprint density at radius 2 is 1.78 bits per heavy atom. The number of nitrogens with two attached hydrogens (primary N) is 1. The van der Waals surface area contributed by atoms with Gasteiger partial charge in [-0.05, 0) is 37.8 Å². The molecule has 18 heavy (non-hydrogen) atoms. The number of halogens is 2. The van der Waals surface area contributed by atoms with E-state index in [1.165, 1.54) is 0 Å². The molecule has 2 aromatic rings. The number of hydrogen-bond donors (Lipinski definition) is 2. The molecule has 3 N–H and O–H groups in total. The van der Waals surface area contributed by atoms with E-state index in [1.54, 1.807) is 0 Å². The lowest BCUT2D eigenvalue weighted by atomic mass is 9.86. The van der Waals surface area contributed by atoms with E-state index < -0.39 is 0 Å². The van der Waals surface area contributed by atoms with E-state index >= 15 is 0 Å². The van der Waals surface area contributed by atoms with Crippen molar-refractivity contribution in [3.05, 3.63) is 28.0 Å². The summed E-state index contributed by atoms with van der Waals surface area (Å²) < 4.78 is 0. The van der Waals surface area contributed by atoms with Gasteiger partial charge in [-0.25, -0.2) is 4.98 Å². The lowest BCUT2D eigenvalue weighted by Crippen LogP contribution is -2.26. The summed E-state index contributed by atoms with van der Waals surface area (Å²) >= 11 is 12.0. The maximum absolute atomic E-state index is 6.01. The van der Waals surface area contributed by atoms with Crippen LogP contribution in [0.4, 0.5) is 0 Å². The molecule has 96 valence electrons. The quantitative estimate of drug-likeness (QED) is 0.835. The Labute approximate surface area is 116 Å². The topological polar surface area (TPSA) is 54.7 Å². The van der Waals surface area contributed by atoms with Gasteiger partial charge < -0.3 is 10.7 Å². The van der Waals surface area contributed by atoms with E-state index in [2.05, 4.69) is 9.97 Å². The predicted molar refractivity (Wildman–Crippen MR) is 75.3 cm³/mol. The summed E-state index contributed by atoms with van der Waals surface area (Å²) in [4.78, 5) is 7.98. The SMILES string of the molecule is NC1CCC(c2nc3cc(Cl)c(Cl)cc3[nH]2)CC1. The average Bonchev–Trinajstić information content (AvgIpc) is 2.73. The maximum Gasteiger partial charge on any atom is 0.110 e. The van der Waals surface area contributed by atoms with Gasteiger partial charge >= 0.3 is 0 Å². The Kier molecular flexibility index (Phi) is 3.22. The van der Waals surface area contributed by atoms with E-state index in [9.17, 15) is 0 Å². The minimum Gasteiger partial charge on any atom is -0.342 e. The van der Waals surface area contributed by atoms with Gasteiger partial charge in [-0.1, -0.05) is 23.2 Å². The second-order valence-corrected chi connectivity index (χ2v) is 5.83. The Morgan fingerprint density at radius 3 is 2.50 bits per heavy atom. The smallest absolute Gasteiger partial charge is 0.110 e. The van der Waals surface area contributed by atoms with Crippen LogP contribution < -0.4 is 5.73 Å². The molecule has 1 aromatic carbocycles.